The Morgan fingerprint density at radius 1 is 1.59 bits per heavy atom. The first-order chi connectivity index (χ1) is 8.10. The smallest absolute Gasteiger partial charge is 0.329 e. The van der Waals surface area contributed by atoms with Crippen LogP contribution < -0.4 is 5.32 Å². The molecule has 0 aliphatic rings. The molecule has 4 nitrogen and oxygen atoms in total. The quantitative estimate of drug-likeness (QED) is 0.815. The average molecular weight is 366 g/mol. The summed E-state index contributed by atoms with van der Waals surface area (Å²) in [6.07, 6.45) is 2.59. The molecule has 0 aliphatic carbocycles. The normalized spacial score (nSPS) is 12.2. The zero-order chi connectivity index (χ0) is 12.8. The highest BCUT2D eigenvalue weighted by Gasteiger charge is 2.24. The summed E-state index contributed by atoms with van der Waals surface area (Å²) in [7, 11) is 1.37. The molecule has 1 aromatic rings. The summed E-state index contributed by atoms with van der Waals surface area (Å²) in [5.41, 5.74) is 0.633. The largest absolute Gasteiger partial charge is 0.468 e. The molecule has 0 amide bonds. The van der Waals surface area contributed by atoms with E-state index in [1.54, 1.807) is 6.20 Å². The lowest BCUT2D eigenvalue weighted by Gasteiger charge is -2.16. The summed E-state index contributed by atoms with van der Waals surface area (Å²) in [5.74, 6) is -0.339. The first-order valence-corrected chi connectivity index (χ1v) is 6.80. The number of methoxy groups -OCH3 is 1. The lowest BCUT2D eigenvalue weighted by molar-refractivity contribution is -0.143. The fourth-order valence-corrected chi connectivity index (χ4v) is 2.55. The standard InChI is InChI=1S/C11H14Br2N2O2/c1-3-4-14-10(11(16)17-2)9-8(13)5-7(12)6-15-9/h5-6,10,14H,3-4H2,1-2H3. The van der Waals surface area contributed by atoms with Crippen molar-refractivity contribution in [2.75, 3.05) is 13.7 Å². The Bertz CT molecular complexity index is 399. The molecular weight excluding hydrogens is 352 g/mol. The minimum atomic E-state index is -0.539. The SMILES string of the molecule is CCCNC(C(=O)OC)c1ncc(Br)cc1Br. The van der Waals surface area contributed by atoms with Crippen molar-refractivity contribution in [3.05, 3.63) is 26.9 Å². The van der Waals surface area contributed by atoms with Crippen molar-refractivity contribution in [3.63, 3.8) is 0 Å². The molecule has 1 heterocycles. The molecule has 17 heavy (non-hydrogen) atoms. The number of carbonyl (C=O) groups is 1. The maximum atomic E-state index is 11.7. The summed E-state index contributed by atoms with van der Waals surface area (Å²) in [6.45, 7) is 2.76. The van der Waals surface area contributed by atoms with Gasteiger partial charge in [0.15, 0.2) is 0 Å². The van der Waals surface area contributed by atoms with Crippen LogP contribution in [0.15, 0.2) is 21.2 Å². The maximum absolute atomic E-state index is 11.7. The highest BCUT2D eigenvalue weighted by Crippen LogP contribution is 2.25. The van der Waals surface area contributed by atoms with Gasteiger partial charge in [0.25, 0.3) is 0 Å². The van der Waals surface area contributed by atoms with E-state index < -0.39 is 6.04 Å². The third kappa shape index (κ3) is 4.04. The second kappa shape index (κ2) is 7.08. The van der Waals surface area contributed by atoms with Gasteiger partial charge in [-0.25, -0.2) is 4.79 Å². The number of halogens is 2. The van der Waals surface area contributed by atoms with Gasteiger partial charge in [-0.15, -0.1) is 0 Å². The Morgan fingerprint density at radius 2 is 2.29 bits per heavy atom. The molecule has 0 saturated heterocycles. The van der Waals surface area contributed by atoms with Gasteiger partial charge in [-0.05, 0) is 50.9 Å². The van der Waals surface area contributed by atoms with E-state index in [2.05, 4.69) is 42.2 Å². The van der Waals surface area contributed by atoms with E-state index >= 15 is 0 Å². The molecule has 94 valence electrons. The van der Waals surface area contributed by atoms with Gasteiger partial charge in [0.05, 0.1) is 12.8 Å². The number of hydrogen-bond acceptors (Lipinski definition) is 4. The number of nitrogens with one attached hydrogen (secondary N) is 1. The number of ether oxygens (including phenoxy) is 1. The van der Waals surface area contributed by atoms with E-state index in [1.165, 1.54) is 7.11 Å². The van der Waals surface area contributed by atoms with Crippen LogP contribution in [0.3, 0.4) is 0 Å². The second-order valence-corrected chi connectivity index (χ2v) is 5.20. The summed E-state index contributed by atoms with van der Waals surface area (Å²) >= 11 is 6.72. The summed E-state index contributed by atoms with van der Waals surface area (Å²) in [5, 5.41) is 3.11. The van der Waals surface area contributed by atoms with Crippen LogP contribution in [0.1, 0.15) is 25.1 Å². The van der Waals surface area contributed by atoms with Gasteiger partial charge in [0.2, 0.25) is 0 Å². The molecule has 0 bridgehead atoms. The number of nitrogens with zero attached hydrogens (tertiary/aromatic N) is 1. The van der Waals surface area contributed by atoms with Crippen molar-refractivity contribution < 1.29 is 9.53 Å². The minimum Gasteiger partial charge on any atom is -0.468 e. The molecule has 0 aromatic carbocycles. The van der Waals surface area contributed by atoms with Crippen molar-refractivity contribution in [2.45, 2.75) is 19.4 Å². The Hall–Kier alpha value is -0.460. The number of esters is 1. The van der Waals surface area contributed by atoms with Crippen LogP contribution in [0.2, 0.25) is 0 Å². The van der Waals surface area contributed by atoms with E-state index in [1.807, 2.05) is 13.0 Å². The zero-order valence-electron chi connectivity index (χ0n) is 9.67. The van der Waals surface area contributed by atoms with Crippen LogP contribution in [0, 0.1) is 0 Å². The van der Waals surface area contributed by atoms with Crippen LogP contribution in [-0.4, -0.2) is 24.6 Å². The molecule has 0 saturated carbocycles. The Kier molecular flexibility index (Phi) is 6.08. The third-order valence-electron chi connectivity index (χ3n) is 2.15. The molecular formula is C11H14Br2N2O2. The van der Waals surface area contributed by atoms with Crippen molar-refractivity contribution in [3.8, 4) is 0 Å². The monoisotopic (exact) mass is 364 g/mol. The molecule has 1 aromatic heterocycles. The number of rotatable bonds is 5. The molecule has 0 fully saturated rings. The highest BCUT2D eigenvalue weighted by atomic mass is 79.9. The molecule has 1 atom stereocenters. The van der Waals surface area contributed by atoms with Gasteiger partial charge in [0.1, 0.15) is 6.04 Å². The van der Waals surface area contributed by atoms with Crippen molar-refractivity contribution in [2.24, 2.45) is 0 Å². The van der Waals surface area contributed by atoms with E-state index in [4.69, 9.17) is 4.74 Å². The predicted octanol–water partition coefficient (Wildman–Crippen LogP) is 2.82. The van der Waals surface area contributed by atoms with Gasteiger partial charge >= 0.3 is 5.97 Å². The topological polar surface area (TPSA) is 51.2 Å². The Balaban J connectivity index is 2.99. The summed E-state index contributed by atoms with van der Waals surface area (Å²) in [4.78, 5) is 15.9. The Morgan fingerprint density at radius 3 is 2.82 bits per heavy atom. The average Bonchev–Trinajstić information content (AvgIpc) is 2.31. The van der Waals surface area contributed by atoms with Gasteiger partial charge in [-0.3, -0.25) is 10.3 Å². The fraction of sp³-hybridized carbons (Fsp3) is 0.455. The van der Waals surface area contributed by atoms with Crippen LogP contribution in [0.25, 0.3) is 0 Å². The fourth-order valence-electron chi connectivity index (χ4n) is 1.34. The van der Waals surface area contributed by atoms with E-state index in [-0.39, 0.29) is 5.97 Å². The summed E-state index contributed by atoms with van der Waals surface area (Å²) < 4.78 is 6.40. The van der Waals surface area contributed by atoms with Gasteiger partial charge in [0, 0.05) is 15.1 Å². The van der Waals surface area contributed by atoms with Crippen LogP contribution >= 0.6 is 31.9 Å². The molecule has 0 spiro atoms. The zero-order valence-corrected chi connectivity index (χ0v) is 12.8. The lowest BCUT2D eigenvalue weighted by Crippen LogP contribution is -2.31. The van der Waals surface area contributed by atoms with Crippen molar-refractivity contribution in [1.82, 2.24) is 10.3 Å². The number of hydrogen-bond donors (Lipinski definition) is 1. The molecule has 0 aliphatic heterocycles. The van der Waals surface area contributed by atoms with Gasteiger partial charge < -0.3 is 4.74 Å². The van der Waals surface area contributed by atoms with E-state index in [9.17, 15) is 4.79 Å². The minimum absolute atomic E-state index is 0.339. The van der Waals surface area contributed by atoms with E-state index in [0.29, 0.717) is 5.69 Å². The highest BCUT2D eigenvalue weighted by molar-refractivity contribution is 9.11. The first-order valence-electron chi connectivity index (χ1n) is 5.22. The van der Waals surface area contributed by atoms with Crippen LogP contribution in [-0.2, 0) is 9.53 Å². The maximum Gasteiger partial charge on any atom is 0.329 e. The molecule has 0 radical (unpaired) electrons. The Labute approximate surface area is 117 Å². The van der Waals surface area contributed by atoms with Crippen LogP contribution in [0.5, 0.6) is 0 Å². The van der Waals surface area contributed by atoms with Crippen LogP contribution in [0.4, 0.5) is 0 Å². The lowest BCUT2D eigenvalue weighted by atomic mass is 10.2. The molecule has 1 unspecified atom stereocenters. The molecule has 6 heteroatoms. The number of carbonyl (C=O) groups excluding carboxylic acids is 1. The van der Waals surface area contributed by atoms with Gasteiger partial charge in [-0.1, -0.05) is 6.92 Å². The van der Waals surface area contributed by atoms with Gasteiger partial charge in [-0.2, -0.15) is 0 Å². The first kappa shape index (κ1) is 14.6. The molecule has 1 rings (SSSR count). The van der Waals surface area contributed by atoms with Crippen molar-refractivity contribution >= 4 is 37.8 Å². The van der Waals surface area contributed by atoms with E-state index in [0.717, 1.165) is 21.9 Å². The van der Waals surface area contributed by atoms with Crippen molar-refractivity contribution in [1.29, 1.82) is 0 Å². The third-order valence-corrected chi connectivity index (χ3v) is 3.21. The number of pyridine rings is 1. The summed E-state index contributed by atoms with van der Waals surface area (Å²) in [6, 6.07) is 1.31. The predicted molar refractivity (Wildman–Crippen MR) is 72.7 cm³/mol. The molecule has 1 N–H and O–H groups in total. The number of aromatic nitrogens is 1. The second-order valence-electron chi connectivity index (χ2n) is 3.43.